The topological polar surface area (TPSA) is 129 Å². The van der Waals surface area contributed by atoms with E-state index in [0.717, 1.165) is 16.7 Å². The van der Waals surface area contributed by atoms with Gasteiger partial charge in [0, 0.05) is 40.8 Å². The molecule has 1 atom stereocenters. The number of hydrogen-bond acceptors (Lipinski definition) is 4. The third-order valence-corrected chi connectivity index (χ3v) is 5.16. The highest BCUT2D eigenvalue weighted by molar-refractivity contribution is 5.98. The molecule has 0 saturated heterocycles. The standard InChI is InChI=1S/C25H31N5O2/c1-15(2)29-22(26)18-7-5-17(6-8-18)21-13-14-25(32-21,24(28)31)20-11-9-19(10-12-20)23(27)30-16(3)4/h5-13,15-16H,14H2,1-4H3,(H2,26,29)(H2,27,30)(H2,28,31). The molecule has 0 radical (unpaired) electrons. The molecule has 0 aliphatic carbocycles. The predicted octanol–water partition coefficient (Wildman–Crippen LogP) is 3.06. The maximum absolute atomic E-state index is 12.5. The third kappa shape index (κ3) is 4.82. The lowest BCUT2D eigenvalue weighted by Gasteiger charge is -2.27. The van der Waals surface area contributed by atoms with Crippen LogP contribution in [-0.4, -0.2) is 29.7 Å². The summed E-state index contributed by atoms with van der Waals surface area (Å²) in [4.78, 5) is 21.2. The molecule has 0 aromatic heterocycles. The van der Waals surface area contributed by atoms with Gasteiger partial charge in [0.15, 0.2) is 0 Å². The van der Waals surface area contributed by atoms with Gasteiger partial charge in [0.2, 0.25) is 5.60 Å². The van der Waals surface area contributed by atoms with E-state index in [1.807, 2.05) is 82.3 Å². The first-order valence-electron chi connectivity index (χ1n) is 10.7. The fourth-order valence-electron chi connectivity index (χ4n) is 3.58. The number of carbonyl (C=O) groups is 1. The summed E-state index contributed by atoms with van der Waals surface area (Å²) in [5, 5.41) is 0. The number of rotatable bonds is 7. The van der Waals surface area contributed by atoms with Crippen LogP contribution in [0, 0.1) is 0 Å². The molecule has 168 valence electrons. The number of ether oxygens (including phenoxy) is 1. The van der Waals surface area contributed by atoms with Crippen molar-refractivity contribution in [1.82, 2.24) is 0 Å². The Hall–Kier alpha value is -3.61. The summed E-state index contributed by atoms with van der Waals surface area (Å²) in [5.74, 6) is 0.982. The Balaban J connectivity index is 1.84. The molecule has 2 aromatic carbocycles. The van der Waals surface area contributed by atoms with E-state index in [4.69, 9.17) is 21.9 Å². The number of benzene rings is 2. The van der Waals surface area contributed by atoms with Crippen LogP contribution in [0.5, 0.6) is 0 Å². The number of amidine groups is 2. The quantitative estimate of drug-likeness (QED) is 0.458. The fourth-order valence-corrected chi connectivity index (χ4v) is 3.58. The van der Waals surface area contributed by atoms with Crippen LogP contribution < -0.4 is 17.2 Å². The minimum absolute atomic E-state index is 0.0925. The van der Waals surface area contributed by atoms with Crippen molar-refractivity contribution in [2.24, 2.45) is 27.2 Å². The second kappa shape index (κ2) is 9.26. The van der Waals surface area contributed by atoms with E-state index in [1.165, 1.54) is 0 Å². The Kier molecular flexibility index (Phi) is 6.67. The van der Waals surface area contributed by atoms with Gasteiger partial charge in [-0.15, -0.1) is 0 Å². The van der Waals surface area contributed by atoms with Crippen LogP contribution in [-0.2, 0) is 15.1 Å². The highest BCUT2D eigenvalue weighted by atomic mass is 16.5. The summed E-state index contributed by atoms with van der Waals surface area (Å²) in [5.41, 5.74) is 19.7. The van der Waals surface area contributed by atoms with Crippen molar-refractivity contribution in [3.63, 3.8) is 0 Å². The van der Waals surface area contributed by atoms with Gasteiger partial charge in [0.1, 0.15) is 17.4 Å². The number of hydrogen-bond donors (Lipinski definition) is 3. The zero-order valence-electron chi connectivity index (χ0n) is 19.0. The average Bonchev–Trinajstić information content (AvgIpc) is 3.20. The first-order chi connectivity index (χ1) is 15.1. The first kappa shape index (κ1) is 23.1. The second-order valence-corrected chi connectivity index (χ2v) is 8.44. The van der Waals surface area contributed by atoms with Gasteiger partial charge >= 0.3 is 0 Å². The minimum atomic E-state index is -1.27. The van der Waals surface area contributed by atoms with Gasteiger partial charge in [0.25, 0.3) is 5.91 Å². The summed E-state index contributed by atoms with van der Waals surface area (Å²) < 4.78 is 6.18. The van der Waals surface area contributed by atoms with Gasteiger partial charge in [-0.1, -0.05) is 48.5 Å². The molecule has 7 nitrogen and oxygen atoms in total. The maximum Gasteiger partial charge on any atom is 0.266 e. The number of nitrogens with two attached hydrogens (primary N) is 3. The van der Waals surface area contributed by atoms with Gasteiger partial charge < -0.3 is 21.9 Å². The van der Waals surface area contributed by atoms with Gasteiger partial charge in [-0.3, -0.25) is 14.8 Å². The summed E-state index contributed by atoms with van der Waals surface area (Å²) in [6.07, 6.45) is 2.22. The predicted molar refractivity (Wildman–Crippen MR) is 129 cm³/mol. The van der Waals surface area contributed by atoms with Crippen LogP contribution in [0.4, 0.5) is 0 Å². The molecule has 32 heavy (non-hydrogen) atoms. The molecule has 0 fully saturated rings. The summed E-state index contributed by atoms with van der Waals surface area (Å²) >= 11 is 0. The van der Waals surface area contributed by atoms with Crippen molar-refractivity contribution >= 4 is 23.3 Å². The fraction of sp³-hybridized carbons (Fsp3) is 0.320. The molecule has 3 rings (SSSR count). The van der Waals surface area contributed by atoms with Crippen LogP contribution in [0.15, 0.2) is 64.6 Å². The molecule has 1 aliphatic heterocycles. The van der Waals surface area contributed by atoms with Crippen LogP contribution in [0.1, 0.15) is 56.4 Å². The highest BCUT2D eigenvalue weighted by Gasteiger charge is 2.44. The van der Waals surface area contributed by atoms with Crippen LogP contribution in [0.25, 0.3) is 5.76 Å². The SMILES string of the molecule is CC(C)N=C(N)c1ccc(C2=CCC(C(N)=O)(c3ccc(C(N)=NC(C)C)cc3)O2)cc1. The minimum Gasteiger partial charge on any atom is -0.472 e. The van der Waals surface area contributed by atoms with E-state index in [0.29, 0.717) is 29.4 Å². The Morgan fingerprint density at radius 1 is 0.844 bits per heavy atom. The van der Waals surface area contributed by atoms with E-state index in [-0.39, 0.29) is 12.1 Å². The van der Waals surface area contributed by atoms with Crippen molar-refractivity contribution in [2.45, 2.75) is 51.8 Å². The first-order valence-corrected chi connectivity index (χ1v) is 10.7. The van der Waals surface area contributed by atoms with Crippen LogP contribution >= 0.6 is 0 Å². The van der Waals surface area contributed by atoms with Crippen molar-refractivity contribution in [3.8, 4) is 0 Å². The maximum atomic E-state index is 12.5. The molecular weight excluding hydrogens is 402 g/mol. The monoisotopic (exact) mass is 433 g/mol. The van der Waals surface area contributed by atoms with Gasteiger partial charge in [-0.05, 0) is 33.8 Å². The molecule has 7 heteroatoms. The van der Waals surface area contributed by atoms with Crippen LogP contribution in [0.2, 0.25) is 0 Å². The molecule has 1 aliphatic rings. The third-order valence-electron chi connectivity index (χ3n) is 5.16. The van der Waals surface area contributed by atoms with E-state index < -0.39 is 11.5 Å². The molecule has 1 unspecified atom stereocenters. The molecule has 6 N–H and O–H groups in total. The lowest BCUT2D eigenvalue weighted by atomic mass is 9.90. The zero-order valence-corrected chi connectivity index (χ0v) is 19.0. The Bertz CT molecular complexity index is 1070. The van der Waals surface area contributed by atoms with Crippen molar-refractivity contribution in [2.75, 3.05) is 0 Å². The van der Waals surface area contributed by atoms with E-state index in [2.05, 4.69) is 9.98 Å². The van der Waals surface area contributed by atoms with E-state index >= 15 is 0 Å². The molecule has 2 aromatic rings. The summed E-state index contributed by atoms with van der Waals surface area (Å²) in [7, 11) is 0. The van der Waals surface area contributed by atoms with Crippen LogP contribution in [0.3, 0.4) is 0 Å². The molecule has 1 heterocycles. The number of carbonyl (C=O) groups excluding carboxylic acids is 1. The number of primary amides is 1. The lowest BCUT2D eigenvalue weighted by molar-refractivity contribution is -0.135. The largest absolute Gasteiger partial charge is 0.472 e. The second-order valence-electron chi connectivity index (χ2n) is 8.44. The molecule has 0 saturated carbocycles. The molecular formula is C25H31N5O2. The summed E-state index contributed by atoms with van der Waals surface area (Å²) in [6.45, 7) is 7.86. The zero-order chi connectivity index (χ0) is 23.5. The van der Waals surface area contributed by atoms with Crippen molar-refractivity contribution < 1.29 is 9.53 Å². The van der Waals surface area contributed by atoms with Gasteiger partial charge in [0.05, 0.1) is 0 Å². The Morgan fingerprint density at radius 3 is 1.75 bits per heavy atom. The number of amides is 1. The van der Waals surface area contributed by atoms with Gasteiger partial charge in [-0.25, -0.2) is 0 Å². The lowest BCUT2D eigenvalue weighted by Crippen LogP contribution is -2.41. The Morgan fingerprint density at radius 2 is 1.31 bits per heavy atom. The normalized spacial score (nSPS) is 19.2. The summed E-state index contributed by atoms with van der Waals surface area (Å²) in [6, 6.07) is 15.0. The van der Waals surface area contributed by atoms with E-state index in [9.17, 15) is 4.79 Å². The van der Waals surface area contributed by atoms with Crippen molar-refractivity contribution in [3.05, 3.63) is 76.9 Å². The van der Waals surface area contributed by atoms with Crippen molar-refractivity contribution in [1.29, 1.82) is 0 Å². The molecule has 1 amide bonds. The Labute approximate surface area is 189 Å². The average molecular weight is 434 g/mol. The van der Waals surface area contributed by atoms with Gasteiger partial charge in [-0.2, -0.15) is 0 Å². The highest BCUT2D eigenvalue weighted by Crippen LogP contribution is 2.41. The number of aliphatic imine (C=N–C) groups is 2. The van der Waals surface area contributed by atoms with E-state index in [1.54, 1.807) is 0 Å². The smallest absolute Gasteiger partial charge is 0.266 e. The molecule has 0 spiro atoms. The number of nitrogens with zero attached hydrogens (tertiary/aromatic N) is 2. The molecule has 0 bridgehead atoms.